The molecule has 0 aliphatic heterocycles. The van der Waals surface area contributed by atoms with E-state index < -0.39 is 16.0 Å². The first kappa shape index (κ1) is 14.9. The summed E-state index contributed by atoms with van der Waals surface area (Å²) in [5, 5.41) is 0. The molecule has 1 aromatic rings. The number of esters is 2. The highest BCUT2D eigenvalue weighted by atomic mass is 127. The molecule has 98 valence electrons. The monoisotopic (exact) mass is 362 g/mol. The van der Waals surface area contributed by atoms with E-state index in [2.05, 4.69) is 0 Å². The normalized spacial score (nSPS) is 13.5. The Morgan fingerprint density at radius 2 is 1.89 bits per heavy atom. The second kappa shape index (κ2) is 7.35. The predicted molar refractivity (Wildman–Crippen MR) is 75.4 cm³/mol. The zero-order valence-electron chi connectivity index (χ0n) is 10.3. The van der Waals surface area contributed by atoms with Gasteiger partial charge in [-0.15, -0.1) is 0 Å². The minimum absolute atomic E-state index is 0.305. The summed E-state index contributed by atoms with van der Waals surface area (Å²) < 4.78 is 9.61. The van der Waals surface area contributed by atoms with E-state index >= 15 is 0 Å². The lowest BCUT2D eigenvalue weighted by Crippen LogP contribution is -2.27. The van der Waals surface area contributed by atoms with Gasteiger partial charge in [0.05, 0.1) is 6.61 Å². The van der Waals surface area contributed by atoms with Crippen molar-refractivity contribution >= 4 is 34.5 Å². The summed E-state index contributed by atoms with van der Waals surface area (Å²) in [6, 6.07) is 9.17. The largest absolute Gasteiger partial charge is 0.465 e. The maximum Gasteiger partial charge on any atom is 0.323 e. The highest BCUT2D eigenvalue weighted by Gasteiger charge is 2.30. The number of alkyl halides is 1. The molecular formula is C13H15IO4. The third-order valence-electron chi connectivity index (χ3n) is 2.20. The van der Waals surface area contributed by atoms with Crippen LogP contribution >= 0.6 is 22.6 Å². The van der Waals surface area contributed by atoms with Crippen molar-refractivity contribution in [1.29, 1.82) is 0 Å². The number of halogens is 1. The molecule has 0 unspecified atom stereocenters. The molecule has 0 bridgehead atoms. The Morgan fingerprint density at radius 3 is 2.39 bits per heavy atom. The number of benzene rings is 1. The minimum atomic E-state index is -0.622. The second-order valence-electron chi connectivity index (χ2n) is 3.59. The lowest BCUT2D eigenvalue weighted by atomic mass is 10.1. The van der Waals surface area contributed by atoms with Crippen LogP contribution in [0.1, 0.15) is 25.5 Å². The summed E-state index contributed by atoms with van der Waals surface area (Å²) in [6.45, 7) is 3.37. The van der Waals surface area contributed by atoms with Gasteiger partial charge in [-0.1, -0.05) is 52.9 Å². The van der Waals surface area contributed by atoms with Crippen molar-refractivity contribution in [2.75, 3.05) is 6.61 Å². The lowest BCUT2D eigenvalue weighted by molar-refractivity contribution is -0.152. The molecule has 0 spiro atoms. The van der Waals surface area contributed by atoms with Gasteiger partial charge in [-0.2, -0.15) is 0 Å². The zero-order valence-corrected chi connectivity index (χ0v) is 12.4. The number of rotatable bonds is 5. The van der Waals surface area contributed by atoms with E-state index in [1.165, 1.54) is 6.92 Å². The van der Waals surface area contributed by atoms with Crippen molar-refractivity contribution in [3.05, 3.63) is 35.9 Å². The molecule has 0 aromatic heterocycles. The molecule has 0 N–H and O–H groups in total. The Hall–Kier alpha value is -1.11. The van der Waals surface area contributed by atoms with Crippen molar-refractivity contribution in [3.8, 4) is 0 Å². The summed E-state index contributed by atoms with van der Waals surface area (Å²) in [4.78, 5) is 22.9. The molecule has 0 saturated carbocycles. The fourth-order valence-electron chi connectivity index (χ4n) is 1.46. The van der Waals surface area contributed by atoms with E-state index in [-0.39, 0.29) is 5.97 Å². The quantitative estimate of drug-likeness (QED) is 0.459. The average Bonchev–Trinajstić information content (AvgIpc) is 2.36. The molecule has 0 aliphatic rings. The van der Waals surface area contributed by atoms with Crippen LogP contribution in [0.25, 0.3) is 0 Å². The summed E-state index contributed by atoms with van der Waals surface area (Å²) in [5.41, 5.74) is 0.778. The van der Waals surface area contributed by atoms with Crippen molar-refractivity contribution < 1.29 is 19.1 Å². The van der Waals surface area contributed by atoms with Gasteiger partial charge in [0, 0.05) is 6.92 Å². The minimum Gasteiger partial charge on any atom is -0.465 e. The molecule has 0 amide bonds. The van der Waals surface area contributed by atoms with E-state index in [4.69, 9.17) is 9.47 Å². The Morgan fingerprint density at radius 1 is 1.28 bits per heavy atom. The van der Waals surface area contributed by atoms with Crippen LogP contribution in [-0.4, -0.2) is 22.5 Å². The van der Waals surface area contributed by atoms with Gasteiger partial charge in [0.1, 0.15) is 10.0 Å². The van der Waals surface area contributed by atoms with Crippen molar-refractivity contribution in [3.63, 3.8) is 0 Å². The molecule has 0 saturated heterocycles. The Balaban J connectivity index is 2.91. The summed E-state index contributed by atoms with van der Waals surface area (Å²) in [7, 11) is 0. The maximum absolute atomic E-state index is 11.7. The van der Waals surface area contributed by atoms with Gasteiger partial charge in [-0.05, 0) is 12.5 Å². The summed E-state index contributed by atoms with van der Waals surface area (Å²) >= 11 is 1.94. The molecular weight excluding hydrogens is 347 g/mol. The van der Waals surface area contributed by atoms with Gasteiger partial charge >= 0.3 is 11.9 Å². The first-order valence-electron chi connectivity index (χ1n) is 5.59. The zero-order chi connectivity index (χ0) is 13.5. The van der Waals surface area contributed by atoms with E-state index in [0.717, 1.165) is 5.56 Å². The number of hydrogen-bond acceptors (Lipinski definition) is 4. The number of carbonyl (C=O) groups excluding carboxylic acids is 2. The molecule has 1 rings (SSSR count). The van der Waals surface area contributed by atoms with Crippen molar-refractivity contribution in [1.82, 2.24) is 0 Å². The molecule has 0 fully saturated rings. The van der Waals surface area contributed by atoms with Crippen molar-refractivity contribution in [2.45, 2.75) is 23.9 Å². The molecule has 5 heteroatoms. The molecule has 0 radical (unpaired) electrons. The fourth-order valence-corrected chi connectivity index (χ4v) is 2.21. The Labute approximate surface area is 120 Å². The average molecular weight is 362 g/mol. The van der Waals surface area contributed by atoms with Gasteiger partial charge in [-0.25, -0.2) is 0 Å². The third-order valence-corrected chi connectivity index (χ3v) is 3.36. The molecule has 1 aromatic carbocycles. The molecule has 0 heterocycles. The summed E-state index contributed by atoms with van der Waals surface area (Å²) in [5.74, 6) is -0.803. The maximum atomic E-state index is 11.7. The Kier molecular flexibility index (Phi) is 6.11. The first-order valence-corrected chi connectivity index (χ1v) is 6.83. The Bertz CT molecular complexity index is 405. The highest BCUT2D eigenvalue weighted by molar-refractivity contribution is 14.1. The predicted octanol–water partition coefficient (Wildman–Crippen LogP) is 2.66. The smallest absolute Gasteiger partial charge is 0.323 e. The highest BCUT2D eigenvalue weighted by Crippen LogP contribution is 2.28. The molecule has 4 nitrogen and oxygen atoms in total. The van der Waals surface area contributed by atoms with Gasteiger partial charge < -0.3 is 9.47 Å². The number of hydrogen-bond donors (Lipinski definition) is 0. The van der Waals surface area contributed by atoms with E-state index in [9.17, 15) is 9.59 Å². The van der Waals surface area contributed by atoms with Crippen LogP contribution in [-0.2, 0) is 19.1 Å². The van der Waals surface area contributed by atoms with Crippen LogP contribution in [0.4, 0.5) is 0 Å². The van der Waals surface area contributed by atoms with Crippen LogP contribution in [0.5, 0.6) is 0 Å². The van der Waals surface area contributed by atoms with Gasteiger partial charge in [0.25, 0.3) is 0 Å². The topological polar surface area (TPSA) is 52.6 Å². The van der Waals surface area contributed by atoms with Gasteiger partial charge in [-0.3, -0.25) is 9.59 Å². The van der Waals surface area contributed by atoms with Gasteiger partial charge in [0.15, 0.2) is 0 Å². The third kappa shape index (κ3) is 4.29. The van der Waals surface area contributed by atoms with Crippen LogP contribution in [0.2, 0.25) is 0 Å². The lowest BCUT2D eigenvalue weighted by Gasteiger charge is -2.21. The SMILES string of the molecule is CCOC(=O)[C@@H](I)[C@@H](OC(C)=O)c1ccccc1. The van der Waals surface area contributed by atoms with Crippen LogP contribution in [0, 0.1) is 0 Å². The van der Waals surface area contributed by atoms with E-state index in [1.807, 2.05) is 52.9 Å². The first-order chi connectivity index (χ1) is 8.56. The van der Waals surface area contributed by atoms with Crippen LogP contribution in [0.3, 0.4) is 0 Å². The summed E-state index contributed by atoms with van der Waals surface area (Å²) in [6.07, 6.45) is -0.622. The van der Waals surface area contributed by atoms with Gasteiger partial charge in [0.2, 0.25) is 0 Å². The fraction of sp³-hybridized carbons (Fsp3) is 0.385. The molecule has 0 aliphatic carbocycles. The van der Waals surface area contributed by atoms with Crippen LogP contribution < -0.4 is 0 Å². The van der Waals surface area contributed by atoms with Crippen molar-refractivity contribution in [2.24, 2.45) is 0 Å². The van der Waals surface area contributed by atoms with E-state index in [1.54, 1.807) is 6.92 Å². The molecule has 2 atom stereocenters. The van der Waals surface area contributed by atoms with E-state index in [0.29, 0.717) is 6.61 Å². The second-order valence-corrected chi connectivity index (χ2v) is 4.94. The van der Waals surface area contributed by atoms with Crippen LogP contribution in [0.15, 0.2) is 30.3 Å². The standard InChI is InChI=1S/C13H15IO4/c1-3-17-13(16)11(14)12(18-9(2)15)10-7-5-4-6-8-10/h4-8,11-12H,3H2,1-2H3/t11-,12-/m0/s1. The number of ether oxygens (including phenoxy) is 2. The molecule has 18 heavy (non-hydrogen) atoms. The number of carbonyl (C=O) groups is 2.